The first-order valence-corrected chi connectivity index (χ1v) is 8.75. The fraction of sp³-hybridized carbons (Fsp3) is 0. The van der Waals surface area contributed by atoms with E-state index in [4.69, 9.17) is 0 Å². The van der Waals surface area contributed by atoms with Gasteiger partial charge in [0.05, 0.1) is 11.2 Å². The lowest BCUT2D eigenvalue weighted by Gasteiger charge is -2.09. The first kappa shape index (κ1) is 11.2. The Balaban J connectivity index is 2.16. The van der Waals surface area contributed by atoms with E-state index < -0.39 is 0 Å². The molecule has 0 atom stereocenters. The van der Waals surface area contributed by atoms with Crippen LogP contribution < -0.4 is 0 Å². The van der Waals surface area contributed by atoms with Gasteiger partial charge in [-0.25, -0.2) is 0 Å². The van der Waals surface area contributed by atoms with Gasteiger partial charge in [-0.15, -0.1) is 0 Å². The minimum absolute atomic E-state index is 0.0528. The molecular weight excluding hydrogens is 345 g/mol. The number of halogens is 1. The second-order valence-electron chi connectivity index (χ2n) is 4.51. The lowest BCUT2D eigenvalue weighted by atomic mass is 10.1. The Bertz CT molecular complexity index is 810. The monoisotopic (exact) mass is 357 g/mol. The molecule has 1 aliphatic rings. The molecule has 0 spiro atoms. The van der Waals surface area contributed by atoms with Crippen LogP contribution in [0.4, 0.5) is 0 Å². The molecule has 0 amide bonds. The fourth-order valence-electron chi connectivity index (χ4n) is 2.62. The zero-order valence-corrected chi connectivity index (χ0v) is 12.4. The maximum Gasteiger partial charge on any atom is 0.0597 e. The van der Waals surface area contributed by atoms with Crippen molar-refractivity contribution < 1.29 is 0 Å². The maximum absolute atomic E-state index is 2.42. The van der Waals surface area contributed by atoms with Crippen molar-refractivity contribution in [3.05, 3.63) is 69.9 Å². The van der Waals surface area contributed by atoms with Gasteiger partial charge in [0.1, 0.15) is 0 Å². The van der Waals surface area contributed by atoms with Gasteiger partial charge in [-0.1, -0.05) is 57.1 Å². The zero-order valence-electron chi connectivity index (χ0n) is 10.3. The van der Waals surface area contributed by atoms with Crippen LogP contribution in [0.2, 0.25) is 0 Å². The van der Waals surface area contributed by atoms with E-state index >= 15 is 0 Å². The number of benzene rings is 2. The Hall–Kier alpha value is -1.68. The minimum Gasteiger partial charge on any atom is -0.309 e. The van der Waals surface area contributed by atoms with Crippen molar-refractivity contribution in [2.75, 3.05) is 0 Å². The summed E-state index contributed by atoms with van der Waals surface area (Å²) >= 11 is 0.0528. The second-order valence-corrected chi connectivity index (χ2v) is 6.58. The van der Waals surface area contributed by atoms with Crippen LogP contribution in [-0.4, -0.2) is 8.58 Å². The number of fused-ring (bicyclic) bond motifs is 3. The lowest BCUT2D eigenvalue weighted by Crippen LogP contribution is -1.99. The van der Waals surface area contributed by atoms with Gasteiger partial charge >= 0.3 is 0 Å². The Morgan fingerprint density at radius 3 is 2.53 bits per heavy atom. The highest BCUT2D eigenvalue weighted by Gasteiger charge is 2.15. The predicted octanol–water partition coefficient (Wildman–Crippen LogP) is 4.74. The highest BCUT2D eigenvalue weighted by Crippen LogP contribution is 2.32. The molecule has 0 bridgehead atoms. The van der Waals surface area contributed by atoms with Crippen molar-refractivity contribution in [3.63, 3.8) is 0 Å². The average Bonchev–Trinajstić information content (AvgIpc) is 2.83. The zero-order chi connectivity index (χ0) is 12.7. The van der Waals surface area contributed by atoms with Crippen LogP contribution in [0.25, 0.3) is 22.7 Å². The quantitative estimate of drug-likeness (QED) is 0.555. The molecule has 4 rings (SSSR count). The molecule has 2 heterocycles. The molecule has 0 saturated heterocycles. The summed E-state index contributed by atoms with van der Waals surface area (Å²) in [5, 5.41) is 1.34. The summed E-state index contributed by atoms with van der Waals surface area (Å²) < 4.78 is 7.14. The van der Waals surface area contributed by atoms with E-state index in [9.17, 15) is 0 Å². The predicted molar refractivity (Wildman–Crippen MR) is 91.5 cm³/mol. The van der Waals surface area contributed by atoms with Crippen molar-refractivity contribution in [1.29, 1.82) is 0 Å². The largest absolute Gasteiger partial charge is 0.309 e. The van der Waals surface area contributed by atoms with Crippen LogP contribution in [0.15, 0.2) is 58.7 Å². The van der Waals surface area contributed by atoms with Gasteiger partial charge < -0.3 is 4.57 Å². The molecule has 92 valence electrons. The van der Waals surface area contributed by atoms with E-state index in [0.29, 0.717) is 0 Å². The summed E-state index contributed by atoms with van der Waals surface area (Å²) in [4.78, 5) is 0. The highest BCUT2D eigenvalue weighted by molar-refractivity contribution is 14.2. The highest BCUT2D eigenvalue weighted by atomic mass is 127. The second kappa shape index (κ2) is 4.46. The SMILES string of the molecule is C1=Cc2c(n(-c3ccccc3)c3ccccc23)C=I1. The van der Waals surface area contributed by atoms with Gasteiger partial charge in [-0.2, -0.15) is 0 Å². The molecule has 0 unspecified atom stereocenters. The summed E-state index contributed by atoms with van der Waals surface area (Å²) in [6, 6.07) is 19.3. The van der Waals surface area contributed by atoms with Crippen molar-refractivity contribution in [2.24, 2.45) is 0 Å². The van der Waals surface area contributed by atoms with Crippen LogP contribution in [-0.2, 0) is 0 Å². The van der Waals surface area contributed by atoms with Gasteiger partial charge in [-0.05, 0) is 32.4 Å². The number of hydrogen-bond donors (Lipinski definition) is 0. The number of rotatable bonds is 1. The van der Waals surface area contributed by atoms with E-state index in [1.54, 1.807) is 0 Å². The number of aromatic nitrogens is 1. The minimum atomic E-state index is 0.0528. The molecule has 3 aromatic rings. The van der Waals surface area contributed by atoms with Crippen LogP contribution in [0.1, 0.15) is 11.3 Å². The summed E-state index contributed by atoms with van der Waals surface area (Å²) in [5.41, 5.74) is 5.27. The Kier molecular flexibility index (Phi) is 2.62. The Labute approximate surface area is 121 Å². The van der Waals surface area contributed by atoms with E-state index in [1.165, 1.54) is 27.8 Å². The molecule has 0 aliphatic carbocycles. The molecule has 1 nitrogen and oxygen atoms in total. The van der Waals surface area contributed by atoms with Gasteiger partial charge in [0.2, 0.25) is 0 Å². The topological polar surface area (TPSA) is 4.93 Å². The Morgan fingerprint density at radius 2 is 1.63 bits per heavy atom. The maximum atomic E-state index is 2.42. The average molecular weight is 357 g/mol. The third-order valence-electron chi connectivity index (χ3n) is 3.44. The van der Waals surface area contributed by atoms with E-state index in [1.807, 2.05) is 0 Å². The van der Waals surface area contributed by atoms with Gasteiger partial charge in [0.15, 0.2) is 0 Å². The van der Waals surface area contributed by atoms with Crippen molar-refractivity contribution in [2.45, 2.75) is 0 Å². The van der Waals surface area contributed by atoms with E-state index in [-0.39, 0.29) is 20.7 Å². The van der Waals surface area contributed by atoms with E-state index in [2.05, 4.69) is 73.3 Å². The number of hydrogen-bond acceptors (Lipinski definition) is 0. The van der Waals surface area contributed by atoms with Crippen molar-refractivity contribution in [3.8, 4) is 5.69 Å². The molecule has 1 aromatic heterocycles. The molecule has 0 N–H and O–H groups in total. The first-order chi connectivity index (χ1) is 9.45. The summed E-state index contributed by atoms with van der Waals surface area (Å²) in [7, 11) is 0. The molecule has 2 aromatic carbocycles. The van der Waals surface area contributed by atoms with E-state index in [0.717, 1.165) is 0 Å². The molecule has 0 fully saturated rings. The molecule has 19 heavy (non-hydrogen) atoms. The lowest BCUT2D eigenvalue weighted by molar-refractivity contribution is 1.11. The Morgan fingerprint density at radius 1 is 0.842 bits per heavy atom. The fourth-order valence-corrected chi connectivity index (χ4v) is 4.35. The third kappa shape index (κ3) is 1.70. The standard InChI is InChI=1S/C17H12IN/c1-2-6-13(7-3-1)19-16-9-5-4-8-14(16)15-10-11-18-12-17(15)19/h1-12H. The van der Waals surface area contributed by atoms with Crippen LogP contribution >= 0.6 is 20.7 Å². The third-order valence-corrected chi connectivity index (χ3v) is 5.16. The number of para-hydroxylation sites is 2. The smallest absolute Gasteiger partial charge is 0.0597 e. The van der Waals surface area contributed by atoms with Crippen molar-refractivity contribution in [1.82, 2.24) is 4.57 Å². The molecule has 2 heteroatoms. The molecule has 0 saturated carbocycles. The normalized spacial score (nSPS) is 13.3. The number of nitrogens with zero attached hydrogens (tertiary/aromatic N) is 1. The summed E-state index contributed by atoms with van der Waals surface area (Å²) in [5.74, 6) is 0. The van der Waals surface area contributed by atoms with Gasteiger partial charge in [-0.3, -0.25) is 0 Å². The van der Waals surface area contributed by atoms with Gasteiger partial charge in [0.25, 0.3) is 0 Å². The van der Waals surface area contributed by atoms with Crippen LogP contribution in [0, 0.1) is 0 Å². The first-order valence-electron chi connectivity index (χ1n) is 6.26. The molecule has 1 aliphatic heterocycles. The van der Waals surface area contributed by atoms with Crippen molar-refractivity contribution >= 4 is 41.7 Å². The molecular formula is C17H12IN. The summed E-state index contributed by atoms with van der Waals surface area (Å²) in [6.45, 7) is 0. The molecule has 0 radical (unpaired) electrons. The van der Waals surface area contributed by atoms with Gasteiger partial charge in [0, 0.05) is 16.6 Å². The van der Waals surface area contributed by atoms with Crippen LogP contribution in [0.3, 0.4) is 0 Å². The summed E-state index contributed by atoms with van der Waals surface area (Å²) in [6.07, 6.45) is 2.30. The van der Waals surface area contributed by atoms with Crippen LogP contribution in [0.5, 0.6) is 0 Å².